The third kappa shape index (κ3) is 2.01. The van der Waals surface area contributed by atoms with Crippen LogP contribution in [0.5, 0.6) is 5.75 Å². The topological polar surface area (TPSA) is 22.1 Å². The fourth-order valence-electron chi connectivity index (χ4n) is 1.93. The Morgan fingerprint density at radius 2 is 2.06 bits per heavy atom. The maximum absolute atomic E-state index is 5.74. The molecule has 0 atom stereocenters. The van der Waals surface area contributed by atoms with Crippen LogP contribution in [0, 0.1) is 0 Å². The third-order valence-corrected chi connectivity index (χ3v) is 2.62. The molecule has 0 aliphatic carbocycles. The molecule has 16 heavy (non-hydrogen) atoms. The second-order valence-corrected chi connectivity index (χ2v) is 3.81. The maximum Gasteiger partial charge on any atom is 0.148 e. The summed E-state index contributed by atoms with van der Waals surface area (Å²) in [5.41, 5.74) is 2.24. The van der Waals surface area contributed by atoms with Crippen molar-refractivity contribution in [2.75, 3.05) is 6.61 Å². The van der Waals surface area contributed by atoms with E-state index in [1.807, 2.05) is 19.2 Å². The molecule has 2 aromatic rings. The van der Waals surface area contributed by atoms with Gasteiger partial charge in [0.1, 0.15) is 11.3 Å². The van der Waals surface area contributed by atoms with E-state index in [-0.39, 0.29) is 0 Å². The first kappa shape index (κ1) is 10.9. The van der Waals surface area contributed by atoms with Crippen molar-refractivity contribution < 1.29 is 4.74 Å². The van der Waals surface area contributed by atoms with Gasteiger partial charge >= 0.3 is 0 Å². The lowest BCUT2D eigenvalue weighted by Gasteiger charge is -2.11. The number of aromatic nitrogens is 1. The van der Waals surface area contributed by atoms with E-state index in [0.29, 0.717) is 6.61 Å². The van der Waals surface area contributed by atoms with Gasteiger partial charge in [-0.25, -0.2) is 0 Å². The van der Waals surface area contributed by atoms with Crippen LogP contribution in [0.3, 0.4) is 0 Å². The molecule has 0 saturated heterocycles. The Kier molecular flexibility index (Phi) is 3.40. The van der Waals surface area contributed by atoms with Crippen molar-refractivity contribution in [1.82, 2.24) is 4.98 Å². The summed E-state index contributed by atoms with van der Waals surface area (Å²) in [5, 5.41) is 1.14. The zero-order chi connectivity index (χ0) is 11.4. The molecule has 2 rings (SSSR count). The van der Waals surface area contributed by atoms with E-state index in [0.717, 1.165) is 29.5 Å². The van der Waals surface area contributed by atoms with Crippen molar-refractivity contribution in [3.63, 3.8) is 0 Å². The summed E-state index contributed by atoms with van der Waals surface area (Å²) >= 11 is 0. The Balaban J connectivity index is 2.58. The number of hydrogen-bond donors (Lipinski definition) is 0. The molecule has 0 amide bonds. The molecular weight excluding hydrogens is 198 g/mol. The summed E-state index contributed by atoms with van der Waals surface area (Å²) in [6, 6.07) is 8.30. The SMILES string of the molecule is CCCc1ccc2cccnc2c1OCC. The van der Waals surface area contributed by atoms with Gasteiger partial charge in [-0.2, -0.15) is 0 Å². The maximum atomic E-state index is 5.74. The van der Waals surface area contributed by atoms with Gasteiger partial charge in [-0.15, -0.1) is 0 Å². The first-order chi connectivity index (χ1) is 7.86. The molecule has 1 aromatic carbocycles. The van der Waals surface area contributed by atoms with Crippen LogP contribution in [0.4, 0.5) is 0 Å². The van der Waals surface area contributed by atoms with Crippen molar-refractivity contribution in [2.45, 2.75) is 26.7 Å². The summed E-state index contributed by atoms with van der Waals surface area (Å²) in [5.74, 6) is 0.961. The molecule has 2 nitrogen and oxygen atoms in total. The zero-order valence-electron chi connectivity index (χ0n) is 9.86. The quantitative estimate of drug-likeness (QED) is 0.777. The van der Waals surface area contributed by atoms with Gasteiger partial charge in [0.15, 0.2) is 0 Å². The molecule has 0 bridgehead atoms. The number of hydrogen-bond acceptors (Lipinski definition) is 2. The molecule has 1 aromatic heterocycles. The molecule has 2 heteroatoms. The first-order valence-corrected chi connectivity index (χ1v) is 5.86. The molecule has 0 radical (unpaired) electrons. The lowest BCUT2D eigenvalue weighted by atomic mass is 10.1. The van der Waals surface area contributed by atoms with Crippen LogP contribution in [0.2, 0.25) is 0 Å². The Morgan fingerprint density at radius 1 is 1.19 bits per heavy atom. The van der Waals surface area contributed by atoms with Gasteiger partial charge in [0, 0.05) is 11.6 Å². The summed E-state index contributed by atoms with van der Waals surface area (Å²) in [4.78, 5) is 4.42. The third-order valence-electron chi connectivity index (χ3n) is 2.62. The van der Waals surface area contributed by atoms with Gasteiger partial charge in [0.25, 0.3) is 0 Å². The van der Waals surface area contributed by atoms with Gasteiger partial charge in [-0.05, 0) is 25.0 Å². The summed E-state index contributed by atoms with van der Waals surface area (Å²) in [7, 11) is 0. The van der Waals surface area contributed by atoms with Crippen molar-refractivity contribution >= 4 is 10.9 Å². The predicted octanol–water partition coefficient (Wildman–Crippen LogP) is 3.59. The van der Waals surface area contributed by atoms with Crippen molar-refractivity contribution in [2.24, 2.45) is 0 Å². The van der Waals surface area contributed by atoms with Gasteiger partial charge in [0.2, 0.25) is 0 Å². The number of benzene rings is 1. The normalized spacial score (nSPS) is 10.6. The second kappa shape index (κ2) is 4.97. The molecule has 0 aliphatic rings. The van der Waals surface area contributed by atoms with Crippen LogP contribution < -0.4 is 4.74 Å². The fraction of sp³-hybridized carbons (Fsp3) is 0.357. The molecule has 1 heterocycles. The van der Waals surface area contributed by atoms with E-state index in [1.165, 1.54) is 5.56 Å². The number of pyridine rings is 1. The highest BCUT2D eigenvalue weighted by molar-refractivity contribution is 5.85. The highest BCUT2D eigenvalue weighted by Gasteiger charge is 2.08. The Bertz CT molecular complexity index is 479. The van der Waals surface area contributed by atoms with E-state index in [9.17, 15) is 0 Å². The van der Waals surface area contributed by atoms with E-state index >= 15 is 0 Å². The minimum atomic E-state index is 0.687. The summed E-state index contributed by atoms with van der Waals surface area (Å²) < 4.78 is 5.74. The molecule has 0 spiro atoms. The van der Waals surface area contributed by atoms with Gasteiger partial charge < -0.3 is 4.74 Å². The number of rotatable bonds is 4. The number of nitrogens with zero attached hydrogens (tertiary/aromatic N) is 1. The van der Waals surface area contributed by atoms with Gasteiger partial charge in [0.05, 0.1) is 6.61 Å². The second-order valence-electron chi connectivity index (χ2n) is 3.81. The Morgan fingerprint density at radius 3 is 2.81 bits per heavy atom. The Hall–Kier alpha value is -1.57. The van der Waals surface area contributed by atoms with Crippen molar-refractivity contribution in [1.29, 1.82) is 0 Å². The van der Waals surface area contributed by atoms with Crippen LogP contribution in [0.1, 0.15) is 25.8 Å². The Labute approximate surface area is 96.3 Å². The van der Waals surface area contributed by atoms with Gasteiger partial charge in [-0.3, -0.25) is 4.98 Å². The van der Waals surface area contributed by atoms with E-state index < -0.39 is 0 Å². The van der Waals surface area contributed by atoms with Crippen LogP contribution in [0.25, 0.3) is 10.9 Å². The molecule has 0 aliphatic heterocycles. The average molecular weight is 215 g/mol. The van der Waals surface area contributed by atoms with Crippen molar-refractivity contribution in [3.8, 4) is 5.75 Å². The number of fused-ring (bicyclic) bond motifs is 1. The molecule has 0 N–H and O–H groups in total. The minimum Gasteiger partial charge on any atom is -0.491 e. The molecule has 0 saturated carbocycles. The van der Waals surface area contributed by atoms with Crippen LogP contribution >= 0.6 is 0 Å². The number of ether oxygens (including phenoxy) is 1. The summed E-state index contributed by atoms with van der Waals surface area (Å²) in [6.45, 7) is 4.88. The monoisotopic (exact) mass is 215 g/mol. The highest BCUT2D eigenvalue weighted by atomic mass is 16.5. The lowest BCUT2D eigenvalue weighted by molar-refractivity contribution is 0.340. The highest BCUT2D eigenvalue weighted by Crippen LogP contribution is 2.29. The van der Waals surface area contributed by atoms with E-state index in [1.54, 1.807) is 0 Å². The first-order valence-electron chi connectivity index (χ1n) is 5.86. The molecular formula is C14H17NO. The largest absolute Gasteiger partial charge is 0.491 e. The smallest absolute Gasteiger partial charge is 0.148 e. The van der Waals surface area contributed by atoms with Crippen LogP contribution in [0.15, 0.2) is 30.5 Å². The standard InChI is InChI=1S/C14H17NO/c1-3-6-12-9-8-11-7-5-10-15-13(11)14(12)16-4-2/h5,7-10H,3-4,6H2,1-2H3. The average Bonchev–Trinajstić information content (AvgIpc) is 2.32. The minimum absolute atomic E-state index is 0.687. The van der Waals surface area contributed by atoms with E-state index in [4.69, 9.17) is 4.74 Å². The predicted molar refractivity (Wildman–Crippen MR) is 66.9 cm³/mol. The number of aryl methyl sites for hydroxylation is 1. The lowest BCUT2D eigenvalue weighted by Crippen LogP contribution is -1.98. The zero-order valence-corrected chi connectivity index (χ0v) is 9.86. The van der Waals surface area contributed by atoms with Crippen LogP contribution in [-0.4, -0.2) is 11.6 Å². The molecule has 84 valence electrons. The van der Waals surface area contributed by atoms with Crippen molar-refractivity contribution in [3.05, 3.63) is 36.0 Å². The van der Waals surface area contributed by atoms with Gasteiger partial charge in [-0.1, -0.05) is 31.5 Å². The van der Waals surface area contributed by atoms with Crippen LogP contribution in [-0.2, 0) is 6.42 Å². The molecule has 0 fully saturated rings. The van der Waals surface area contributed by atoms with E-state index in [2.05, 4.69) is 30.1 Å². The fourth-order valence-corrected chi connectivity index (χ4v) is 1.93. The summed E-state index contributed by atoms with van der Waals surface area (Å²) in [6.07, 6.45) is 3.99. The molecule has 0 unspecified atom stereocenters.